The molecule has 3 fully saturated rings. The summed E-state index contributed by atoms with van der Waals surface area (Å²) in [6.45, 7) is 11.2. The molecule has 38 heavy (non-hydrogen) atoms. The molecule has 3 aliphatic rings. The molecule has 4 rings (SSSR count). The highest BCUT2D eigenvalue weighted by Crippen LogP contribution is 2.59. The Labute approximate surface area is 225 Å². The van der Waals surface area contributed by atoms with Crippen LogP contribution in [-0.4, -0.2) is 83.2 Å². The zero-order valence-corrected chi connectivity index (χ0v) is 22.5. The smallest absolute Gasteiger partial charge is 0.248 e. The molecule has 0 saturated carbocycles. The fourth-order valence-corrected chi connectivity index (χ4v) is 6.61. The SMILES string of the molecule is C=CCN(CCCCC)C(=O)C1N(CCCO)C(=O)[C@@H]2[C@H](C(=O)N(CC=C)c3ccccc3)[C@@H]3CCC12O3. The lowest BCUT2D eigenvalue weighted by Crippen LogP contribution is -2.56. The monoisotopic (exact) mass is 523 g/mol. The van der Waals surface area contributed by atoms with Crippen LogP contribution in [0.15, 0.2) is 55.6 Å². The quantitative estimate of drug-likeness (QED) is 0.299. The van der Waals surface area contributed by atoms with Crippen molar-refractivity contribution in [2.24, 2.45) is 11.8 Å². The Morgan fingerprint density at radius 2 is 1.87 bits per heavy atom. The Morgan fingerprint density at radius 1 is 1.13 bits per heavy atom. The van der Waals surface area contributed by atoms with Gasteiger partial charge in [0.1, 0.15) is 11.6 Å². The maximum absolute atomic E-state index is 14.1. The number of benzene rings is 1. The van der Waals surface area contributed by atoms with Gasteiger partial charge in [-0.15, -0.1) is 13.2 Å². The molecule has 3 aliphatic heterocycles. The number of carbonyl (C=O) groups excluding carboxylic acids is 3. The molecule has 0 radical (unpaired) electrons. The Bertz CT molecular complexity index is 1030. The van der Waals surface area contributed by atoms with Crippen LogP contribution in [0, 0.1) is 11.8 Å². The van der Waals surface area contributed by atoms with E-state index in [1.165, 1.54) is 0 Å². The van der Waals surface area contributed by atoms with Gasteiger partial charge in [0, 0.05) is 38.5 Å². The molecule has 0 aromatic heterocycles. The second kappa shape index (κ2) is 12.3. The fourth-order valence-electron chi connectivity index (χ4n) is 6.61. The van der Waals surface area contributed by atoms with E-state index in [9.17, 15) is 19.5 Å². The number of hydrogen-bond donors (Lipinski definition) is 1. The number of ether oxygens (including phenoxy) is 1. The van der Waals surface area contributed by atoms with Gasteiger partial charge >= 0.3 is 0 Å². The minimum absolute atomic E-state index is 0.0950. The minimum atomic E-state index is -1.05. The summed E-state index contributed by atoms with van der Waals surface area (Å²) in [4.78, 5) is 47.3. The predicted octanol–water partition coefficient (Wildman–Crippen LogP) is 3.17. The van der Waals surface area contributed by atoms with Crippen molar-refractivity contribution < 1.29 is 24.2 Å². The average molecular weight is 524 g/mol. The predicted molar refractivity (Wildman–Crippen MR) is 146 cm³/mol. The highest BCUT2D eigenvalue weighted by molar-refractivity contribution is 6.03. The van der Waals surface area contributed by atoms with Gasteiger partial charge in [0.2, 0.25) is 17.7 Å². The first-order valence-electron chi connectivity index (χ1n) is 13.9. The summed E-state index contributed by atoms with van der Waals surface area (Å²) in [6, 6.07) is 8.55. The maximum Gasteiger partial charge on any atom is 0.248 e. The number of likely N-dealkylation sites (tertiary alicyclic amines) is 1. The molecule has 2 unspecified atom stereocenters. The van der Waals surface area contributed by atoms with Crippen molar-refractivity contribution in [1.29, 1.82) is 0 Å². The number of carbonyl (C=O) groups is 3. The van der Waals surface area contributed by atoms with E-state index in [1.54, 1.807) is 26.9 Å². The molecule has 1 N–H and O–H groups in total. The third-order valence-electron chi connectivity index (χ3n) is 8.21. The zero-order chi connectivity index (χ0) is 27.3. The molecule has 206 valence electrons. The Balaban J connectivity index is 1.70. The van der Waals surface area contributed by atoms with Gasteiger partial charge in [-0.25, -0.2) is 0 Å². The van der Waals surface area contributed by atoms with Crippen molar-refractivity contribution in [3.05, 3.63) is 55.6 Å². The first kappa shape index (κ1) is 28.0. The number of para-hydroxylation sites is 1. The van der Waals surface area contributed by atoms with Crippen molar-refractivity contribution in [3.63, 3.8) is 0 Å². The summed E-state index contributed by atoms with van der Waals surface area (Å²) in [7, 11) is 0. The van der Waals surface area contributed by atoms with E-state index in [0.29, 0.717) is 38.9 Å². The first-order valence-corrected chi connectivity index (χ1v) is 13.9. The Morgan fingerprint density at radius 3 is 2.53 bits per heavy atom. The van der Waals surface area contributed by atoms with Crippen LogP contribution in [-0.2, 0) is 19.1 Å². The number of aliphatic hydroxyl groups excluding tert-OH is 1. The van der Waals surface area contributed by atoms with Gasteiger partial charge in [-0.3, -0.25) is 14.4 Å². The molecule has 1 aromatic rings. The van der Waals surface area contributed by atoms with E-state index in [0.717, 1.165) is 24.9 Å². The van der Waals surface area contributed by atoms with Gasteiger partial charge in [-0.2, -0.15) is 0 Å². The Hall–Kier alpha value is -2.97. The molecule has 3 heterocycles. The lowest BCUT2D eigenvalue weighted by atomic mass is 9.70. The van der Waals surface area contributed by atoms with E-state index in [2.05, 4.69) is 20.1 Å². The lowest BCUT2D eigenvalue weighted by molar-refractivity contribution is -0.147. The van der Waals surface area contributed by atoms with Crippen LogP contribution in [0.1, 0.15) is 45.4 Å². The molecular formula is C30H41N3O5. The van der Waals surface area contributed by atoms with E-state index in [-0.39, 0.29) is 30.9 Å². The van der Waals surface area contributed by atoms with Gasteiger partial charge in [0.05, 0.1) is 17.9 Å². The normalized spacial score (nSPS) is 27.3. The molecule has 8 nitrogen and oxygen atoms in total. The number of amides is 3. The third kappa shape index (κ3) is 4.92. The van der Waals surface area contributed by atoms with Crippen molar-refractivity contribution in [2.45, 2.75) is 63.2 Å². The molecule has 8 heteroatoms. The van der Waals surface area contributed by atoms with Gasteiger partial charge in [0.25, 0.3) is 0 Å². The lowest BCUT2D eigenvalue weighted by Gasteiger charge is -2.37. The number of aliphatic hydroxyl groups is 1. The summed E-state index contributed by atoms with van der Waals surface area (Å²) >= 11 is 0. The van der Waals surface area contributed by atoms with Crippen molar-refractivity contribution in [3.8, 4) is 0 Å². The minimum Gasteiger partial charge on any atom is -0.396 e. The van der Waals surface area contributed by atoms with Crippen LogP contribution >= 0.6 is 0 Å². The van der Waals surface area contributed by atoms with Gasteiger partial charge in [-0.05, 0) is 37.8 Å². The van der Waals surface area contributed by atoms with E-state index >= 15 is 0 Å². The van der Waals surface area contributed by atoms with Crippen LogP contribution < -0.4 is 4.90 Å². The number of fused-ring (bicyclic) bond motifs is 1. The second-order valence-electron chi connectivity index (χ2n) is 10.5. The second-order valence-corrected chi connectivity index (χ2v) is 10.5. The van der Waals surface area contributed by atoms with E-state index < -0.39 is 29.6 Å². The van der Waals surface area contributed by atoms with Crippen LogP contribution in [0.5, 0.6) is 0 Å². The average Bonchev–Trinajstić information content (AvgIpc) is 3.57. The number of nitrogens with zero attached hydrogens (tertiary/aromatic N) is 3. The van der Waals surface area contributed by atoms with Crippen molar-refractivity contribution in [2.75, 3.05) is 37.7 Å². The maximum atomic E-state index is 14.1. The molecule has 3 amide bonds. The largest absolute Gasteiger partial charge is 0.396 e. The van der Waals surface area contributed by atoms with Crippen LogP contribution in [0.4, 0.5) is 5.69 Å². The summed E-state index contributed by atoms with van der Waals surface area (Å²) in [5.74, 6) is -1.98. The molecule has 1 spiro atoms. The van der Waals surface area contributed by atoms with Crippen molar-refractivity contribution in [1.82, 2.24) is 9.80 Å². The summed E-state index contributed by atoms with van der Waals surface area (Å²) < 4.78 is 6.58. The molecule has 0 aliphatic carbocycles. The number of rotatable bonds is 14. The van der Waals surface area contributed by atoms with E-state index in [4.69, 9.17) is 4.74 Å². The molecular weight excluding hydrogens is 482 g/mol. The first-order chi connectivity index (χ1) is 18.4. The summed E-state index contributed by atoms with van der Waals surface area (Å²) in [6.07, 6.45) is 7.38. The third-order valence-corrected chi connectivity index (χ3v) is 8.21. The molecule has 1 aromatic carbocycles. The zero-order valence-electron chi connectivity index (χ0n) is 22.5. The van der Waals surface area contributed by atoms with Crippen molar-refractivity contribution >= 4 is 23.4 Å². The highest BCUT2D eigenvalue weighted by atomic mass is 16.5. The van der Waals surface area contributed by atoms with Gasteiger partial charge < -0.3 is 24.5 Å². The van der Waals surface area contributed by atoms with Crippen LogP contribution in [0.3, 0.4) is 0 Å². The molecule has 5 atom stereocenters. The summed E-state index contributed by atoms with van der Waals surface area (Å²) in [5, 5.41) is 9.56. The van der Waals surface area contributed by atoms with E-state index in [1.807, 2.05) is 30.3 Å². The molecule has 2 bridgehead atoms. The number of hydrogen-bond acceptors (Lipinski definition) is 5. The van der Waals surface area contributed by atoms with Crippen LogP contribution in [0.2, 0.25) is 0 Å². The topological polar surface area (TPSA) is 90.4 Å². The van der Waals surface area contributed by atoms with Gasteiger partial charge in [-0.1, -0.05) is 50.1 Å². The standard InChI is InChI=1S/C30H41N3O5/c1-4-7-11-19-31(17-5-2)29(37)26-30-16-15-23(38-30)24(25(30)28(36)33(26)20-12-21-34)27(35)32(18-6-3)22-13-9-8-10-14-22/h5-6,8-10,13-14,23-26,34H,2-4,7,11-12,15-21H2,1H3/t23-,24+,25-,26?,30?/m0/s1. The molecule has 3 saturated heterocycles. The summed E-state index contributed by atoms with van der Waals surface area (Å²) in [5.41, 5.74) is -0.312. The Kier molecular flexibility index (Phi) is 9.05. The fraction of sp³-hybridized carbons (Fsp3) is 0.567. The number of unbranched alkanes of at least 4 members (excludes halogenated alkanes) is 2. The number of anilines is 1. The van der Waals surface area contributed by atoms with Crippen LogP contribution in [0.25, 0.3) is 0 Å². The highest BCUT2D eigenvalue weighted by Gasteiger charge is 2.74. The van der Waals surface area contributed by atoms with Gasteiger partial charge in [0.15, 0.2) is 0 Å².